The number of carbonyl (C=O) groups excluding carboxylic acids is 1. The first-order valence-electron chi connectivity index (χ1n) is 6.69. The highest BCUT2D eigenvalue weighted by Crippen LogP contribution is 2.18. The number of nitrogens with zero attached hydrogens (tertiary/aromatic N) is 2. The largest absolute Gasteiger partial charge is 0.481 e. The van der Waals surface area contributed by atoms with Gasteiger partial charge >= 0.3 is 0 Å². The summed E-state index contributed by atoms with van der Waals surface area (Å²) in [6, 6.07) is 6.97. The van der Waals surface area contributed by atoms with Crippen LogP contribution in [0.25, 0.3) is 0 Å². The van der Waals surface area contributed by atoms with Gasteiger partial charge in [-0.3, -0.25) is 9.89 Å². The predicted molar refractivity (Wildman–Crippen MR) is 79.3 cm³/mol. The normalized spacial score (nSPS) is 11.9. The van der Waals surface area contributed by atoms with Crippen LogP contribution >= 0.6 is 11.6 Å². The molecule has 0 aliphatic rings. The molecular weight excluding hydrogens is 292 g/mol. The van der Waals surface area contributed by atoms with Crippen LogP contribution in [0, 0.1) is 0 Å². The molecule has 0 saturated carbocycles. The first kappa shape index (κ1) is 15.3. The first-order valence-corrected chi connectivity index (χ1v) is 7.07. The van der Waals surface area contributed by atoms with Gasteiger partial charge in [0.1, 0.15) is 17.9 Å². The first-order chi connectivity index (χ1) is 10.1. The molecule has 7 heteroatoms. The molecule has 0 saturated heterocycles. The van der Waals surface area contributed by atoms with E-state index in [-0.39, 0.29) is 5.91 Å². The van der Waals surface area contributed by atoms with Gasteiger partial charge < -0.3 is 10.1 Å². The molecule has 0 aliphatic carbocycles. The zero-order valence-corrected chi connectivity index (χ0v) is 12.4. The topological polar surface area (TPSA) is 79.9 Å². The lowest BCUT2D eigenvalue weighted by Gasteiger charge is -2.14. The summed E-state index contributed by atoms with van der Waals surface area (Å²) < 4.78 is 5.53. The fraction of sp³-hybridized carbons (Fsp3) is 0.357. The van der Waals surface area contributed by atoms with Crippen LogP contribution in [0.4, 0.5) is 0 Å². The number of amides is 1. The van der Waals surface area contributed by atoms with E-state index in [1.54, 1.807) is 31.2 Å². The van der Waals surface area contributed by atoms with Crippen molar-refractivity contribution in [3.8, 4) is 5.75 Å². The highest BCUT2D eigenvalue weighted by atomic mass is 35.5. The van der Waals surface area contributed by atoms with Gasteiger partial charge in [0.05, 0.1) is 0 Å². The van der Waals surface area contributed by atoms with E-state index in [9.17, 15) is 4.79 Å². The van der Waals surface area contributed by atoms with E-state index in [1.165, 1.54) is 6.33 Å². The van der Waals surface area contributed by atoms with Crippen molar-refractivity contribution in [1.29, 1.82) is 0 Å². The number of H-pyrrole nitrogens is 1. The molecule has 21 heavy (non-hydrogen) atoms. The quantitative estimate of drug-likeness (QED) is 0.766. The van der Waals surface area contributed by atoms with Crippen LogP contribution in [0.2, 0.25) is 5.02 Å². The molecule has 0 bridgehead atoms. The third kappa shape index (κ3) is 5.07. The Kier molecular flexibility index (Phi) is 5.57. The zero-order chi connectivity index (χ0) is 15.1. The van der Waals surface area contributed by atoms with Crippen LogP contribution < -0.4 is 10.1 Å². The zero-order valence-electron chi connectivity index (χ0n) is 11.7. The maximum atomic E-state index is 11.9. The molecule has 6 nitrogen and oxygen atoms in total. The Hall–Kier alpha value is -2.08. The van der Waals surface area contributed by atoms with Crippen molar-refractivity contribution in [2.24, 2.45) is 0 Å². The van der Waals surface area contributed by atoms with Crippen molar-refractivity contribution in [1.82, 2.24) is 20.5 Å². The minimum atomic E-state index is -0.575. The summed E-state index contributed by atoms with van der Waals surface area (Å²) in [6.45, 7) is 2.26. The number of ether oxygens (including phenoxy) is 1. The molecule has 2 N–H and O–H groups in total. The van der Waals surface area contributed by atoms with Crippen molar-refractivity contribution in [2.45, 2.75) is 25.9 Å². The van der Waals surface area contributed by atoms with Crippen LogP contribution in [0.15, 0.2) is 30.6 Å². The second kappa shape index (κ2) is 7.64. The van der Waals surface area contributed by atoms with Gasteiger partial charge in [0.15, 0.2) is 6.10 Å². The van der Waals surface area contributed by atoms with Crippen molar-refractivity contribution in [2.75, 3.05) is 6.54 Å². The number of hydrogen-bond acceptors (Lipinski definition) is 4. The number of rotatable bonds is 7. The van der Waals surface area contributed by atoms with Gasteiger partial charge in [-0.25, -0.2) is 4.98 Å². The van der Waals surface area contributed by atoms with Crippen molar-refractivity contribution in [3.63, 3.8) is 0 Å². The molecule has 1 aromatic carbocycles. The number of aromatic amines is 1. The summed E-state index contributed by atoms with van der Waals surface area (Å²) in [5.41, 5.74) is 0. The highest BCUT2D eigenvalue weighted by molar-refractivity contribution is 6.30. The van der Waals surface area contributed by atoms with Crippen molar-refractivity contribution >= 4 is 17.5 Å². The summed E-state index contributed by atoms with van der Waals surface area (Å²) >= 11 is 5.86. The Bertz CT molecular complexity index is 574. The van der Waals surface area contributed by atoms with Crippen LogP contribution in [0.1, 0.15) is 19.2 Å². The van der Waals surface area contributed by atoms with Gasteiger partial charge in [0.25, 0.3) is 5.91 Å². The van der Waals surface area contributed by atoms with Crippen molar-refractivity contribution in [3.05, 3.63) is 41.4 Å². The summed E-state index contributed by atoms with van der Waals surface area (Å²) in [7, 11) is 0. The van der Waals surface area contributed by atoms with Gasteiger partial charge in [0.2, 0.25) is 0 Å². The number of halogens is 1. The van der Waals surface area contributed by atoms with Crippen LogP contribution in [0.5, 0.6) is 5.75 Å². The molecule has 0 radical (unpaired) electrons. The second-order valence-electron chi connectivity index (χ2n) is 4.54. The molecule has 2 aromatic rings. The number of benzene rings is 1. The predicted octanol–water partition coefficient (Wildman–Crippen LogP) is 1.97. The van der Waals surface area contributed by atoms with Gasteiger partial charge in [-0.2, -0.15) is 5.10 Å². The monoisotopic (exact) mass is 308 g/mol. The molecule has 1 unspecified atom stereocenters. The number of aryl methyl sites for hydroxylation is 1. The Labute approximate surface area is 127 Å². The molecule has 2 rings (SSSR count). The molecular formula is C14H17ClN4O2. The van der Waals surface area contributed by atoms with E-state index in [1.807, 2.05) is 0 Å². The fourth-order valence-corrected chi connectivity index (χ4v) is 1.94. The van der Waals surface area contributed by atoms with Crippen LogP contribution in [0.3, 0.4) is 0 Å². The van der Waals surface area contributed by atoms with E-state index < -0.39 is 6.10 Å². The summed E-state index contributed by atoms with van der Waals surface area (Å²) in [4.78, 5) is 15.9. The average molecular weight is 309 g/mol. The maximum absolute atomic E-state index is 11.9. The van der Waals surface area contributed by atoms with Gasteiger partial charge in [-0.15, -0.1) is 0 Å². The van der Waals surface area contributed by atoms with Crippen LogP contribution in [-0.2, 0) is 11.2 Å². The third-order valence-corrected chi connectivity index (χ3v) is 3.07. The Morgan fingerprint density at radius 3 is 3.10 bits per heavy atom. The molecule has 0 spiro atoms. The Morgan fingerprint density at radius 1 is 1.52 bits per heavy atom. The van der Waals surface area contributed by atoms with E-state index in [0.717, 1.165) is 18.7 Å². The van der Waals surface area contributed by atoms with Gasteiger partial charge in [-0.05, 0) is 31.5 Å². The minimum absolute atomic E-state index is 0.160. The highest BCUT2D eigenvalue weighted by Gasteiger charge is 2.14. The molecule has 112 valence electrons. The maximum Gasteiger partial charge on any atom is 0.260 e. The smallest absolute Gasteiger partial charge is 0.260 e. The fourth-order valence-electron chi connectivity index (χ4n) is 1.76. The van der Waals surface area contributed by atoms with Crippen molar-refractivity contribution < 1.29 is 9.53 Å². The Balaban J connectivity index is 1.70. The lowest BCUT2D eigenvalue weighted by atomic mass is 10.3. The molecule has 1 heterocycles. The standard InChI is InChI=1S/C14H17ClN4O2/c1-10(21-12-5-2-4-11(15)8-12)14(20)16-7-3-6-13-17-9-18-19-13/h2,4-5,8-10H,3,6-7H2,1H3,(H,16,20)(H,17,18,19). The average Bonchev–Trinajstić information content (AvgIpc) is 2.96. The molecule has 0 fully saturated rings. The van der Waals surface area contributed by atoms with Crippen LogP contribution in [-0.4, -0.2) is 33.7 Å². The summed E-state index contributed by atoms with van der Waals surface area (Å²) in [5, 5.41) is 9.94. The lowest BCUT2D eigenvalue weighted by Crippen LogP contribution is -2.36. The number of aromatic nitrogens is 3. The van der Waals surface area contributed by atoms with Gasteiger partial charge in [-0.1, -0.05) is 17.7 Å². The van der Waals surface area contributed by atoms with E-state index in [0.29, 0.717) is 17.3 Å². The van der Waals surface area contributed by atoms with Gasteiger partial charge in [0, 0.05) is 18.0 Å². The summed E-state index contributed by atoms with van der Waals surface area (Å²) in [5.74, 6) is 1.23. The minimum Gasteiger partial charge on any atom is -0.481 e. The second-order valence-corrected chi connectivity index (χ2v) is 4.98. The van der Waals surface area contributed by atoms with E-state index in [2.05, 4.69) is 20.5 Å². The summed E-state index contributed by atoms with van der Waals surface area (Å²) in [6.07, 6.45) is 2.41. The molecule has 1 amide bonds. The molecule has 1 atom stereocenters. The number of carbonyl (C=O) groups is 1. The lowest BCUT2D eigenvalue weighted by molar-refractivity contribution is -0.127. The Morgan fingerprint density at radius 2 is 2.38 bits per heavy atom. The van der Waals surface area contributed by atoms with E-state index in [4.69, 9.17) is 16.3 Å². The molecule has 1 aromatic heterocycles. The SMILES string of the molecule is CC(Oc1cccc(Cl)c1)C(=O)NCCCc1ncn[nH]1. The third-order valence-electron chi connectivity index (χ3n) is 2.83. The molecule has 0 aliphatic heterocycles. The number of nitrogens with one attached hydrogen (secondary N) is 2. The van der Waals surface area contributed by atoms with E-state index >= 15 is 0 Å². The number of hydrogen-bond donors (Lipinski definition) is 2.